The summed E-state index contributed by atoms with van der Waals surface area (Å²) in [7, 11) is 3.07. The molecule has 39 heavy (non-hydrogen) atoms. The third kappa shape index (κ3) is 5.84. The van der Waals surface area contributed by atoms with Crippen LogP contribution in [0.3, 0.4) is 0 Å². The molecule has 1 aromatic heterocycles. The van der Waals surface area contributed by atoms with Gasteiger partial charge in [-0.05, 0) is 79.3 Å². The first-order chi connectivity index (χ1) is 18.6. The van der Waals surface area contributed by atoms with E-state index in [0.29, 0.717) is 48.9 Å². The largest absolute Gasteiger partial charge is 0.493 e. The first-order valence-corrected chi connectivity index (χ1v) is 15.4. The van der Waals surface area contributed by atoms with Crippen LogP contribution in [0.15, 0.2) is 54.3 Å². The molecule has 8 nitrogen and oxygen atoms in total. The predicted molar refractivity (Wildman–Crippen MR) is 166 cm³/mol. The van der Waals surface area contributed by atoms with E-state index in [1.165, 1.54) is 23.0 Å². The Bertz CT molecular complexity index is 1660. The molecule has 206 valence electrons. The van der Waals surface area contributed by atoms with Gasteiger partial charge in [-0.25, -0.2) is 9.79 Å². The Kier molecular flexibility index (Phi) is 9.61. The highest BCUT2D eigenvalue weighted by molar-refractivity contribution is 14.1. The fourth-order valence-corrected chi connectivity index (χ4v) is 7.57. The van der Waals surface area contributed by atoms with Gasteiger partial charge >= 0.3 is 5.97 Å². The number of esters is 1. The molecule has 0 amide bonds. The topological polar surface area (TPSA) is 88.4 Å². The second kappa shape index (κ2) is 12.6. The average molecular weight is 792 g/mol. The molecule has 0 bridgehead atoms. The summed E-state index contributed by atoms with van der Waals surface area (Å²) in [5.41, 5.74) is 1.84. The summed E-state index contributed by atoms with van der Waals surface area (Å²) in [5.74, 6) is 1.11. The maximum atomic E-state index is 14.0. The molecule has 1 aliphatic heterocycles. The molecule has 0 radical (unpaired) electrons. The SMILES string of the molecule is CCOC(=O)C1=C(C)N=c2s/c(=C\c3cc(Br)cc(I)c3OCC)c(=O)n2[C@@H]1c1cc(OC)c(OC)cc1Br. The van der Waals surface area contributed by atoms with Crippen molar-refractivity contribution in [2.24, 2.45) is 4.99 Å². The van der Waals surface area contributed by atoms with Crippen LogP contribution >= 0.6 is 65.8 Å². The van der Waals surface area contributed by atoms with Gasteiger partial charge in [-0.1, -0.05) is 43.2 Å². The summed E-state index contributed by atoms with van der Waals surface area (Å²) in [5, 5.41) is 0. The summed E-state index contributed by atoms with van der Waals surface area (Å²) in [6, 6.07) is 6.55. The number of thiazole rings is 1. The first kappa shape index (κ1) is 29.8. The van der Waals surface area contributed by atoms with Crippen LogP contribution in [-0.2, 0) is 9.53 Å². The van der Waals surface area contributed by atoms with Crippen LogP contribution in [0.1, 0.15) is 37.9 Å². The molecule has 0 fully saturated rings. The molecule has 0 N–H and O–H groups in total. The second-order valence-corrected chi connectivity index (χ2v) is 12.2. The lowest BCUT2D eigenvalue weighted by Crippen LogP contribution is -2.40. The number of carbonyl (C=O) groups excluding carboxylic acids is 1. The monoisotopic (exact) mass is 790 g/mol. The maximum absolute atomic E-state index is 14.0. The maximum Gasteiger partial charge on any atom is 0.338 e. The highest BCUT2D eigenvalue weighted by Crippen LogP contribution is 2.41. The number of methoxy groups -OCH3 is 2. The number of ether oxygens (including phenoxy) is 4. The molecule has 4 rings (SSSR count). The highest BCUT2D eigenvalue weighted by Gasteiger charge is 2.35. The number of halogens is 3. The third-order valence-corrected chi connectivity index (χ3v) is 8.86. The summed E-state index contributed by atoms with van der Waals surface area (Å²) in [6.45, 7) is 6.06. The second-order valence-electron chi connectivity index (χ2n) is 8.27. The van der Waals surface area contributed by atoms with Gasteiger partial charge in [0.05, 0.1) is 52.8 Å². The zero-order chi connectivity index (χ0) is 28.4. The van der Waals surface area contributed by atoms with E-state index in [2.05, 4.69) is 59.4 Å². The molecule has 0 unspecified atom stereocenters. The minimum atomic E-state index is -0.814. The summed E-state index contributed by atoms with van der Waals surface area (Å²) in [4.78, 5) is 32.4. The van der Waals surface area contributed by atoms with E-state index in [1.54, 1.807) is 39.2 Å². The van der Waals surface area contributed by atoms with E-state index in [1.807, 2.05) is 19.1 Å². The number of hydrogen-bond donors (Lipinski definition) is 0. The molecule has 3 aromatic rings. The van der Waals surface area contributed by atoms with Gasteiger partial charge in [0.1, 0.15) is 5.75 Å². The van der Waals surface area contributed by atoms with Crippen LogP contribution in [0.25, 0.3) is 6.08 Å². The van der Waals surface area contributed by atoms with Crippen molar-refractivity contribution < 1.29 is 23.7 Å². The highest BCUT2D eigenvalue weighted by atomic mass is 127. The van der Waals surface area contributed by atoms with Gasteiger partial charge < -0.3 is 18.9 Å². The van der Waals surface area contributed by atoms with Crippen molar-refractivity contribution >= 4 is 77.8 Å². The van der Waals surface area contributed by atoms with Gasteiger partial charge in [0.25, 0.3) is 5.56 Å². The molecule has 1 atom stereocenters. The Labute approximate surface area is 259 Å². The Morgan fingerprint density at radius 3 is 2.46 bits per heavy atom. The molecule has 2 aromatic carbocycles. The molecule has 1 aliphatic rings. The van der Waals surface area contributed by atoms with Crippen LogP contribution in [0.5, 0.6) is 17.2 Å². The van der Waals surface area contributed by atoms with Crippen molar-refractivity contribution in [2.75, 3.05) is 27.4 Å². The van der Waals surface area contributed by atoms with Crippen molar-refractivity contribution in [1.82, 2.24) is 4.57 Å². The molecule has 0 saturated heterocycles. The molecule has 2 heterocycles. The van der Waals surface area contributed by atoms with E-state index < -0.39 is 12.0 Å². The number of fused-ring (bicyclic) bond motifs is 1. The lowest BCUT2D eigenvalue weighted by atomic mass is 9.95. The minimum absolute atomic E-state index is 0.182. The molecular formula is C27H25Br2IN2O6S. The van der Waals surface area contributed by atoms with Gasteiger partial charge in [-0.2, -0.15) is 0 Å². The van der Waals surface area contributed by atoms with Gasteiger partial charge in [0.15, 0.2) is 16.3 Å². The van der Waals surface area contributed by atoms with E-state index in [-0.39, 0.29) is 17.7 Å². The lowest BCUT2D eigenvalue weighted by Gasteiger charge is -2.26. The smallest absolute Gasteiger partial charge is 0.338 e. The van der Waals surface area contributed by atoms with Crippen molar-refractivity contribution in [3.05, 3.63) is 78.9 Å². The zero-order valence-corrected chi connectivity index (χ0v) is 27.9. The van der Waals surface area contributed by atoms with E-state index in [0.717, 1.165) is 13.6 Å². The number of nitrogens with zero attached hydrogens (tertiary/aromatic N) is 2. The van der Waals surface area contributed by atoms with Crippen LogP contribution in [0.2, 0.25) is 0 Å². The molecule has 0 aliphatic carbocycles. The van der Waals surface area contributed by atoms with Crippen molar-refractivity contribution in [3.63, 3.8) is 0 Å². The van der Waals surface area contributed by atoms with Crippen LogP contribution in [-0.4, -0.2) is 38.0 Å². The van der Waals surface area contributed by atoms with E-state index in [9.17, 15) is 9.59 Å². The number of aromatic nitrogens is 1. The van der Waals surface area contributed by atoms with Gasteiger partial charge in [-0.15, -0.1) is 0 Å². The quantitative estimate of drug-likeness (QED) is 0.226. The normalized spacial score (nSPS) is 15.1. The summed E-state index contributed by atoms with van der Waals surface area (Å²) < 4.78 is 26.7. The standard InChI is InChI=1S/C27H25Br2IN2O6S/c1-6-37-24-14(8-15(28)10-18(24)30)9-21-25(33)32-23(16-11-19(35-4)20(36-5)12-17(16)29)22(26(34)38-7-2)13(3)31-27(32)39-21/h8-12,23H,6-7H2,1-5H3/b21-9-/t23-/m1/s1. The third-order valence-electron chi connectivity index (χ3n) is 5.93. The summed E-state index contributed by atoms with van der Waals surface area (Å²) >= 11 is 10.6. The zero-order valence-electron chi connectivity index (χ0n) is 21.8. The fraction of sp³-hybridized carbons (Fsp3) is 0.296. The fourth-order valence-electron chi connectivity index (χ4n) is 4.29. The Morgan fingerprint density at radius 2 is 1.82 bits per heavy atom. The van der Waals surface area contributed by atoms with E-state index >= 15 is 0 Å². The Balaban J connectivity index is 2.03. The number of benzene rings is 2. The predicted octanol–water partition coefficient (Wildman–Crippen LogP) is 5.34. The minimum Gasteiger partial charge on any atom is -0.493 e. The molecular weight excluding hydrogens is 767 g/mol. The van der Waals surface area contributed by atoms with Crippen LogP contribution in [0, 0.1) is 3.57 Å². The lowest BCUT2D eigenvalue weighted by molar-refractivity contribution is -0.139. The average Bonchev–Trinajstić information content (AvgIpc) is 3.19. The van der Waals surface area contributed by atoms with Crippen molar-refractivity contribution in [2.45, 2.75) is 26.8 Å². The number of allylic oxidation sites excluding steroid dienone is 1. The van der Waals surface area contributed by atoms with Gasteiger partial charge in [0, 0.05) is 14.5 Å². The first-order valence-electron chi connectivity index (χ1n) is 11.9. The Morgan fingerprint density at radius 1 is 1.13 bits per heavy atom. The molecule has 0 spiro atoms. The Hall–Kier alpha value is -2.16. The van der Waals surface area contributed by atoms with Crippen molar-refractivity contribution in [1.29, 1.82) is 0 Å². The van der Waals surface area contributed by atoms with E-state index in [4.69, 9.17) is 18.9 Å². The van der Waals surface area contributed by atoms with Gasteiger partial charge in [-0.3, -0.25) is 9.36 Å². The van der Waals surface area contributed by atoms with Crippen LogP contribution < -0.4 is 29.1 Å². The van der Waals surface area contributed by atoms with Crippen molar-refractivity contribution in [3.8, 4) is 17.2 Å². The number of rotatable bonds is 8. The summed E-state index contributed by atoms with van der Waals surface area (Å²) in [6.07, 6.45) is 1.80. The molecule has 0 saturated carbocycles. The molecule has 12 heteroatoms. The number of carbonyl (C=O) groups is 1. The number of hydrogen-bond acceptors (Lipinski definition) is 8. The van der Waals surface area contributed by atoms with Gasteiger partial charge in [0.2, 0.25) is 0 Å². The van der Waals surface area contributed by atoms with Crippen LogP contribution in [0.4, 0.5) is 0 Å².